The van der Waals surface area contributed by atoms with Gasteiger partial charge in [-0.05, 0) is 64.0 Å². The number of benzene rings is 1. The largest absolute Gasteiger partial charge is 0.492 e. The Kier molecular flexibility index (Phi) is 5.70. The normalized spacial score (nSPS) is 15.0. The fourth-order valence-corrected chi connectivity index (χ4v) is 2.98. The van der Waals surface area contributed by atoms with Gasteiger partial charge in [0.1, 0.15) is 18.1 Å². The Hall–Kier alpha value is -2.07. The number of ether oxygens (including phenoxy) is 2. The van der Waals surface area contributed by atoms with Crippen LogP contribution in [0.15, 0.2) is 42.6 Å². The molecule has 0 aliphatic carbocycles. The molecular weight excluding hydrogens is 300 g/mol. The molecule has 4 nitrogen and oxygen atoms in total. The molecule has 1 fully saturated rings. The minimum absolute atomic E-state index is 0.104. The minimum Gasteiger partial charge on any atom is -0.492 e. The molecule has 2 heterocycles. The highest BCUT2D eigenvalue weighted by Crippen LogP contribution is 2.33. The van der Waals surface area contributed by atoms with Gasteiger partial charge in [0, 0.05) is 24.4 Å². The second-order valence-electron chi connectivity index (χ2n) is 6.44. The molecule has 0 amide bonds. The molecular formula is C20H26N2O2. The fraction of sp³-hybridized carbons (Fsp3) is 0.450. The fourth-order valence-electron chi connectivity index (χ4n) is 2.98. The number of aromatic nitrogens is 1. The van der Waals surface area contributed by atoms with Crippen LogP contribution in [0.1, 0.15) is 26.7 Å². The summed E-state index contributed by atoms with van der Waals surface area (Å²) >= 11 is 0. The van der Waals surface area contributed by atoms with Crippen molar-refractivity contribution in [2.24, 2.45) is 0 Å². The van der Waals surface area contributed by atoms with Crippen LogP contribution in [-0.4, -0.2) is 42.2 Å². The lowest BCUT2D eigenvalue weighted by atomic mass is 10.1. The van der Waals surface area contributed by atoms with Gasteiger partial charge in [0.25, 0.3) is 0 Å². The molecule has 128 valence electrons. The monoisotopic (exact) mass is 326 g/mol. The summed E-state index contributed by atoms with van der Waals surface area (Å²) < 4.78 is 11.9. The SMILES string of the molecule is CC(C)Oc1cc(OCCN2CCCC2)ccc1-c1ccccn1. The average Bonchev–Trinajstić information content (AvgIpc) is 3.09. The molecule has 1 aliphatic heterocycles. The summed E-state index contributed by atoms with van der Waals surface area (Å²) in [6.45, 7) is 8.16. The van der Waals surface area contributed by atoms with Gasteiger partial charge >= 0.3 is 0 Å². The van der Waals surface area contributed by atoms with Crippen LogP contribution < -0.4 is 9.47 Å². The Balaban J connectivity index is 1.71. The molecule has 0 atom stereocenters. The first-order chi connectivity index (χ1) is 11.7. The van der Waals surface area contributed by atoms with Gasteiger partial charge < -0.3 is 9.47 Å². The van der Waals surface area contributed by atoms with Crippen molar-refractivity contribution < 1.29 is 9.47 Å². The predicted molar refractivity (Wildman–Crippen MR) is 96.6 cm³/mol. The second-order valence-corrected chi connectivity index (χ2v) is 6.44. The van der Waals surface area contributed by atoms with Gasteiger partial charge in [0.2, 0.25) is 0 Å². The Morgan fingerprint density at radius 2 is 1.96 bits per heavy atom. The third-order valence-corrected chi connectivity index (χ3v) is 4.13. The number of hydrogen-bond acceptors (Lipinski definition) is 4. The van der Waals surface area contributed by atoms with Crippen molar-refractivity contribution in [2.75, 3.05) is 26.2 Å². The van der Waals surface area contributed by atoms with Gasteiger partial charge in [-0.2, -0.15) is 0 Å². The standard InChI is InChI=1S/C20H26N2O2/c1-16(2)24-20-15-17(23-14-13-22-11-5-6-12-22)8-9-18(20)19-7-3-4-10-21-19/h3-4,7-10,15-16H,5-6,11-14H2,1-2H3. The van der Waals surface area contributed by atoms with E-state index in [2.05, 4.69) is 9.88 Å². The minimum atomic E-state index is 0.104. The molecule has 3 rings (SSSR count). The summed E-state index contributed by atoms with van der Waals surface area (Å²) in [6.07, 6.45) is 4.53. The van der Waals surface area contributed by atoms with Gasteiger partial charge in [0.15, 0.2) is 0 Å². The predicted octanol–water partition coefficient (Wildman–Crippen LogP) is 4.01. The van der Waals surface area contributed by atoms with Crippen LogP contribution in [-0.2, 0) is 0 Å². The number of rotatable bonds is 7. The van der Waals surface area contributed by atoms with E-state index in [0.29, 0.717) is 6.61 Å². The molecule has 1 aromatic heterocycles. The number of nitrogens with zero attached hydrogens (tertiary/aromatic N) is 2. The summed E-state index contributed by atoms with van der Waals surface area (Å²) in [5.41, 5.74) is 1.91. The maximum absolute atomic E-state index is 5.99. The number of pyridine rings is 1. The Morgan fingerprint density at radius 3 is 2.67 bits per heavy atom. The Morgan fingerprint density at radius 1 is 1.12 bits per heavy atom. The molecule has 0 spiro atoms. The van der Waals surface area contributed by atoms with Crippen molar-refractivity contribution in [2.45, 2.75) is 32.8 Å². The first-order valence-electron chi connectivity index (χ1n) is 8.79. The zero-order chi connectivity index (χ0) is 16.8. The van der Waals surface area contributed by atoms with E-state index in [1.54, 1.807) is 6.20 Å². The highest BCUT2D eigenvalue weighted by atomic mass is 16.5. The van der Waals surface area contributed by atoms with Gasteiger partial charge in [-0.15, -0.1) is 0 Å². The third kappa shape index (κ3) is 4.48. The maximum atomic E-state index is 5.99. The third-order valence-electron chi connectivity index (χ3n) is 4.13. The highest BCUT2D eigenvalue weighted by Gasteiger charge is 2.13. The molecule has 24 heavy (non-hydrogen) atoms. The van der Waals surface area contributed by atoms with E-state index in [1.807, 2.05) is 50.2 Å². The van der Waals surface area contributed by atoms with E-state index in [1.165, 1.54) is 25.9 Å². The van der Waals surface area contributed by atoms with Gasteiger partial charge in [-0.3, -0.25) is 9.88 Å². The molecule has 0 N–H and O–H groups in total. The van der Waals surface area contributed by atoms with Crippen molar-refractivity contribution in [3.63, 3.8) is 0 Å². The van der Waals surface area contributed by atoms with Gasteiger partial charge in [0.05, 0.1) is 11.8 Å². The molecule has 0 unspecified atom stereocenters. The van der Waals surface area contributed by atoms with Crippen molar-refractivity contribution in [3.05, 3.63) is 42.6 Å². The molecule has 2 aromatic rings. The van der Waals surface area contributed by atoms with Crippen molar-refractivity contribution in [1.82, 2.24) is 9.88 Å². The smallest absolute Gasteiger partial charge is 0.132 e. The van der Waals surface area contributed by atoms with Crippen LogP contribution >= 0.6 is 0 Å². The van der Waals surface area contributed by atoms with Crippen molar-refractivity contribution in [3.8, 4) is 22.8 Å². The quantitative estimate of drug-likeness (QED) is 0.770. The summed E-state index contributed by atoms with van der Waals surface area (Å²) in [5, 5.41) is 0. The van der Waals surface area contributed by atoms with Crippen LogP contribution in [0.2, 0.25) is 0 Å². The lowest BCUT2D eigenvalue weighted by Crippen LogP contribution is -2.25. The van der Waals surface area contributed by atoms with Gasteiger partial charge in [-0.1, -0.05) is 6.07 Å². The van der Waals surface area contributed by atoms with E-state index >= 15 is 0 Å². The molecule has 0 bridgehead atoms. The van der Waals surface area contributed by atoms with Crippen molar-refractivity contribution in [1.29, 1.82) is 0 Å². The second kappa shape index (κ2) is 8.15. The Labute approximate surface area is 144 Å². The van der Waals surface area contributed by atoms with E-state index < -0.39 is 0 Å². The van der Waals surface area contributed by atoms with E-state index in [0.717, 1.165) is 29.3 Å². The summed E-state index contributed by atoms with van der Waals surface area (Å²) in [4.78, 5) is 6.89. The van der Waals surface area contributed by atoms with Crippen molar-refractivity contribution >= 4 is 0 Å². The number of hydrogen-bond donors (Lipinski definition) is 0. The lowest BCUT2D eigenvalue weighted by Gasteiger charge is -2.17. The van der Waals surface area contributed by atoms with Crippen LogP contribution in [0, 0.1) is 0 Å². The summed E-state index contributed by atoms with van der Waals surface area (Å²) in [6, 6.07) is 11.9. The van der Waals surface area contributed by atoms with Gasteiger partial charge in [-0.25, -0.2) is 0 Å². The Bertz CT molecular complexity index is 637. The molecule has 0 saturated carbocycles. The van der Waals surface area contributed by atoms with Crippen LogP contribution in [0.3, 0.4) is 0 Å². The maximum Gasteiger partial charge on any atom is 0.132 e. The highest BCUT2D eigenvalue weighted by molar-refractivity contribution is 5.68. The molecule has 1 aliphatic rings. The summed E-state index contributed by atoms with van der Waals surface area (Å²) in [5.74, 6) is 1.67. The van der Waals surface area contributed by atoms with Crippen LogP contribution in [0.4, 0.5) is 0 Å². The van der Waals surface area contributed by atoms with E-state index in [4.69, 9.17) is 9.47 Å². The van der Waals surface area contributed by atoms with E-state index in [-0.39, 0.29) is 6.10 Å². The number of likely N-dealkylation sites (tertiary alicyclic amines) is 1. The molecule has 0 radical (unpaired) electrons. The molecule has 4 heteroatoms. The summed E-state index contributed by atoms with van der Waals surface area (Å²) in [7, 11) is 0. The van der Waals surface area contributed by atoms with E-state index in [9.17, 15) is 0 Å². The zero-order valence-electron chi connectivity index (χ0n) is 14.6. The lowest BCUT2D eigenvalue weighted by molar-refractivity contribution is 0.230. The van der Waals surface area contributed by atoms with Crippen LogP contribution in [0.25, 0.3) is 11.3 Å². The topological polar surface area (TPSA) is 34.6 Å². The van der Waals surface area contributed by atoms with Crippen LogP contribution in [0.5, 0.6) is 11.5 Å². The molecule has 1 aromatic carbocycles. The first-order valence-corrected chi connectivity index (χ1v) is 8.79. The average molecular weight is 326 g/mol. The zero-order valence-corrected chi connectivity index (χ0v) is 14.6. The first kappa shape index (κ1) is 16.8. The molecule has 1 saturated heterocycles.